The number of hydrogen-bond acceptors (Lipinski definition) is 4. The Morgan fingerprint density at radius 3 is 2.76 bits per heavy atom. The third kappa shape index (κ3) is 7.30. The van der Waals surface area contributed by atoms with Crippen LogP contribution in [0.25, 0.3) is 10.9 Å². The van der Waals surface area contributed by atoms with Gasteiger partial charge in [0.05, 0.1) is 19.2 Å². The number of carbonyl (C=O) groups is 1. The number of pyridine rings is 1. The van der Waals surface area contributed by atoms with E-state index in [2.05, 4.69) is 40.8 Å². The SMILES string of the molecule is COc1ccc2nccc([C@@H](F)CCC3CCN(CC#Cc4ccc(C)cc4)CC3CCC(=O)O)c2c1. The summed E-state index contributed by atoms with van der Waals surface area (Å²) in [6, 6.07) is 15.4. The average molecular weight is 503 g/mol. The number of carboxylic acid groups (broad SMARTS) is 1. The molecule has 3 atom stereocenters. The molecule has 37 heavy (non-hydrogen) atoms. The van der Waals surface area contributed by atoms with Gasteiger partial charge in [-0.25, -0.2) is 4.39 Å². The summed E-state index contributed by atoms with van der Waals surface area (Å²) in [5.41, 5.74) is 3.59. The van der Waals surface area contributed by atoms with Gasteiger partial charge in [-0.05, 0) is 92.9 Å². The van der Waals surface area contributed by atoms with E-state index in [0.717, 1.165) is 42.4 Å². The number of rotatable bonds is 9. The molecule has 1 saturated heterocycles. The zero-order valence-corrected chi connectivity index (χ0v) is 21.6. The molecule has 2 unspecified atom stereocenters. The van der Waals surface area contributed by atoms with E-state index < -0.39 is 12.1 Å². The highest BCUT2D eigenvalue weighted by Crippen LogP contribution is 2.36. The largest absolute Gasteiger partial charge is 0.497 e. The van der Waals surface area contributed by atoms with Gasteiger partial charge < -0.3 is 9.84 Å². The van der Waals surface area contributed by atoms with Gasteiger partial charge in [-0.2, -0.15) is 0 Å². The van der Waals surface area contributed by atoms with E-state index in [4.69, 9.17) is 4.74 Å². The van der Waals surface area contributed by atoms with E-state index >= 15 is 4.39 Å². The molecular weight excluding hydrogens is 467 g/mol. The predicted octanol–water partition coefficient (Wildman–Crippen LogP) is 6.20. The minimum absolute atomic E-state index is 0.137. The van der Waals surface area contributed by atoms with Crippen molar-refractivity contribution >= 4 is 16.9 Å². The molecule has 0 bridgehead atoms. The van der Waals surface area contributed by atoms with Crippen LogP contribution in [0.4, 0.5) is 4.39 Å². The lowest BCUT2D eigenvalue weighted by molar-refractivity contribution is -0.137. The summed E-state index contributed by atoms with van der Waals surface area (Å²) in [4.78, 5) is 18.0. The van der Waals surface area contributed by atoms with E-state index in [0.29, 0.717) is 36.6 Å². The van der Waals surface area contributed by atoms with Crippen LogP contribution in [0.5, 0.6) is 5.75 Å². The van der Waals surface area contributed by atoms with Crippen LogP contribution in [0.1, 0.15) is 55.0 Å². The van der Waals surface area contributed by atoms with E-state index in [1.165, 1.54) is 5.56 Å². The van der Waals surface area contributed by atoms with Crippen molar-refractivity contribution in [3.8, 4) is 17.6 Å². The van der Waals surface area contributed by atoms with Crippen LogP contribution in [-0.2, 0) is 4.79 Å². The molecule has 1 aliphatic heterocycles. The van der Waals surface area contributed by atoms with Crippen molar-refractivity contribution in [1.82, 2.24) is 9.88 Å². The average Bonchev–Trinajstić information content (AvgIpc) is 2.91. The Bertz CT molecular complexity index is 1260. The highest BCUT2D eigenvalue weighted by atomic mass is 19.1. The molecule has 2 aromatic carbocycles. The third-order valence-corrected chi connectivity index (χ3v) is 7.40. The summed E-state index contributed by atoms with van der Waals surface area (Å²) in [7, 11) is 1.60. The van der Waals surface area contributed by atoms with Gasteiger partial charge in [0.15, 0.2) is 0 Å². The molecule has 0 spiro atoms. The first-order valence-electron chi connectivity index (χ1n) is 13.0. The molecular formula is C31H35FN2O3. The molecule has 0 radical (unpaired) electrons. The minimum Gasteiger partial charge on any atom is -0.497 e. The van der Waals surface area contributed by atoms with Gasteiger partial charge in [0.2, 0.25) is 0 Å². The minimum atomic E-state index is -1.11. The highest BCUT2D eigenvalue weighted by Gasteiger charge is 2.30. The van der Waals surface area contributed by atoms with Crippen molar-refractivity contribution < 1.29 is 19.0 Å². The standard InChI is InChI=1S/C31H35FN2O3/c1-22-5-7-23(8-6-22)4-3-18-34-19-16-24(25(21-34)10-14-31(35)36)9-12-29(32)27-15-17-33-30-13-11-26(37-2)20-28(27)30/h5-8,11,13,15,17,20,24-25,29H,9-10,12,14,16,18-19,21H2,1-2H3,(H,35,36)/t24?,25?,29-/m0/s1. The topological polar surface area (TPSA) is 62.7 Å². The van der Waals surface area contributed by atoms with Gasteiger partial charge in [-0.3, -0.25) is 14.7 Å². The molecule has 1 aliphatic rings. The Balaban J connectivity index is 1.39. The number of fused-ring (bicyclic) bond motifs is 1. The fraction of sp³-hybridized carbons (Fsp3) is 0.419. The van der Waals surface area contributed by atoms with Crippen LogP contribution < -0.4 is 4.74 Å². The summed E-state index contributed by atoms with van der Waals surface area (Å²) in [5.74, 6) is 6.91. The van der Waals surface area contributed by atoms with Crippen LogP contribution in [0, 0.1) is 30.6 Å². The van der Waals surface area contributed by atoms with E-state index in [9.17, 15) is 9.90 Å². The van der Waals surface area contributed by atoms with Crippen LogP contribution in [0.2, 0.25) is 0 Å². The highest BCUT2D eigenvalue weighted by molar-refractivity contribution is 5.83. The van der Waals surface area contributed by atoms with Crippen molar-refractivity contribution in [1.29, 1.82) is 0 Å². The van der Waals surface area contributed by atoms with E-state index in [-0.39, 0.29) is 12.3 Å². The quantitative estimate of drug-likeness (QED) is 0.353. The molecule has 5 nitrogen and oxygen atoms in total. The molecule has 1 aromatic heterocycles. The molecule has 194 valence electrons. The Hall–Kier alpha value is -3.43. The maximum Gasteiger partial charge on any atom is 0.303 e. The number of aryl methyl sites for hydroxylation is 1. The third-order valence-electron chi connectivity index (χ3n) is 7.40. The molecule has 3 aromatic rings. The molecule has 4 rings (SSSR count). The van der Waals surface area contributed by atoms with E-state index in [1.54, 1.807) is 19.4 Å². The summed E-state index contributed by atoms with van der Waals surface area (Å²) >= 11 is 0. The smallest absolute Gasteiger partial charge is 0.303 e. The number of benzene rings is 2. The van der Waals surface area contributed by atoms with Crippen LogP contribution in [0.15, 0.2) is 54.7 Å². The van der Waals surface area contributed by atoms with Gasteiger partial charge >= 0.3 is 5.97 Å². The maximum atomic E-state index is 15.5. The number of nitrogens with zero attached hydrogens (tertiary/aromatic N) is 2. The number of halogens is 1. The second-order valence-electron chi connectivity index (χ2n) is 9.97. The number of alkyl halides is 1. The molecule has 0 aliphatic carbocycles. The Kier molecular flexibility index (Phi) is 9.14. The number of aromatic nitrogens is 1. The Labute approximate surface area is 218 Å². The second-order valence-corrected chi connectivity index (χ2v) is 9.97. The number of aliphatic carboxylic acids is 1. The van der Waals surface area contributed by atoms with Gasteiger partial charge in [0.25, 0.3) is 0 Å². The first kappa shape index (κ1) is 26.6. The van der Waals surface area contributed by atoms with Gasteiger partial charge in [-0.15, -0.1) is 0 Å². The molecule has 1 N–H and O–H groups in total. The lowest BCUT2D eigenvalue weighted by atomic mass is 9.79. The fourth-order valence-electron chi connectivity index (χ4n) is 5.27. The second kappa shape index (κ2) is 12.7. The summed E-state index contributed by atoms with van der Waals surface area (Å²) in [6.07, 6.45) is 3.33. The Morgan fingerprint density at radius 1 is 1.19 bits per heavy atom. The number of likely N-dealkylation sites (tertiary alicyclic amines) is 1. The van der Waals surface area contributed by atoms with Crippen molar-refractivity contribution in [2.75, 3.05) is 26.7 Å². The summed E-state index contributed by atoms with van der Waals surface area (Å²) < 4.78 is 20.9. The zero-order valence-electron chi connectivity index (χ0n) is 21.6. The molecule has 6 heteroatoms. The number of piperidine rings is 1. The van der Waals surface area contributed by atoms with Crippen molar-refractivity contribution in [3.63, 3.8) is 0 Å². The van der Waals surface area contributed by atoms with Gasteiger partial charge in [-0.1, -0.05) is 29.5 Å². The number of carboxylic acids is 1. The van der Waals surface area contributed by atoms with Crippen LogP contribution >= 0.6 is 0 Å². The fourth-order valence-corrected chi connectivity index (χ4v) is 5.27. The normalized spacial score (nSPS) is 18.7. The Morgan fingerprint density at radius 2 is 2.00 bits per heavy atom. The van der Waals surface area contributed by atoms with Crippen molar-refractivity contribution in [3.05, 3.63) is 71.4 Å². The number of ether oxygens (including phenoxy) is 1. The zero-order chi connectivity index (χ0) is 26.2. The van der Waals surface area contributed by atoms with Crippen molar-refractivity contribution in [2.45, 2.75) is 45.2 Å². The first-order valence-corrected chi connectivity index (χ1v) is 13.0. The van der Waals surface area contributed by atoms with Crippen LogP contribution in [-0.4, -0.2) is 47.7 Å². The first-order chi connectivity index (χ1) is 17.9. The molecule has 1 fully saturated rings. The summed E-state index contributed by atoms with van der Waals surface area (Å²) in [6.45, 7) is 4.40. The molecule has 0 amide bonds. The van der Waals surface area contributed by atoms with E-state index in [1.807, 2.05) is 30.3 Å². The summed E-state index contributed by atoms with van der Waals surface area (Å²) in [5, 5.41) is 10.1. The molecule has 0 saturated carbocycles. The van der Waals surface area contributed by atoms with Gasteiger partial charge in [0.1, 0.15) is 11.9 Å². The molecule has 2 heterocycles. The lowest BCUT2D eigenvalue weighted by Crippen LogP contribution is -2.41. The predicted molar refractivity (Wildman–Crippen MR) is 144 cm³/mol. The lowest BCUT2D eigenvalue weighted by Gasteiger charge is -2.38. The monoisotopic (exact) mass is 502 g/mol. The van der Waals surface area contributed by atoms with Gasteiger partial charge in [0, 0.05) is 30.1 Å². The van der Waals surface area contributed by atoms with Crippen molar-refractivity contribution in [2.24, 2.45) is 11.8 Å². The maximum absolute atomic E-state index is 15.5. The van der Waals surface area contributed by atoms with Crippen LogP contribution in [0.3, 0.4) is 0 Å². The number of hydrogen-bond donors (Lipinski definition) is 1. The number of methoxy groups -OCH3 is 1.